The Bertz CT molecular complexity index is 471. The summed E-state index contributed by atoms with van der Waals surface area (Å²) in [6.45, 7) is 0.914. The molecule has 0 aliphatic heterocycles. The zero-order valence-corrected chi connectivity index (χ0v) is 10.7. The van der Waals surface area contributed by atoms with Gasteiger partial charge in [-0.05, 0) is 43.0 Å². The zero-order valence-electron chi connectivity index (χ0n) is 10.7. The second-order valence-corrected chi connectivity index (χ2v) is 5.22. The van der Waals surface area contributed by atoms with E-state index in [1.165, 1.54) is 0 Å². The van der Waals surface area contributed by atoms with Crippen LogP contribution in [-0.2, 0) is 0 Å². The van der Waals surface area contributed by atoms with Gasteiger partial charge in [-0.25, -0.2) is 8.78 Å². The Labute approximate surface area is 111 Å². The highest BCUT2D eigenvalue weighted by atomic mass is 19.1. The normalized spacial score (nSPS) is 17.4. The van der Waals surface area contributed by atoms with Gasteiger partial charge in [0.15, 0.2) is 0 Å². The predicted molar refractivity (Wildman–Crippen MR) is 68.6 cm³/mol. The number of amides is 1. The van der Waals surface area contributed by atoms with Crippen LogP contribution in [0.3, 0.4) is 0 Å². The van der Waals surface area contributed by atoms with Gasteiger partial charge >= 0.3 is 0 Å². The average molecular weight is 268 g/mol. The van der Waals surface area contributed by atoms with E-state index in [4.69, 9.17) is 5.73 Å². The number of benzene rings is 1. The minimum absolute atomic E-state index is 0.0839. The Kier molecular flexibility index (Phi) is 4.14. The van der Waals surface area contributed by atoms with Gasteiger partial charge in [0, 0.05) is 6.54 Å². The van der Waals surface area contributed by atoms with Crippen LogP contribution in [0.5, 0.6) is 0 Å². The first-order valence-corrected chi connectivity index (χ1v) is 6.50. The van der Waals surface area contributed by atoms with Crippen LogP contribution < -0.4 is 11.1 Å². The van der Waals surface area contributed by atoms with Crippen LogP contribution in [-0.4, -0.2) is 19.0 Å². The van der Waals surface area contributed by atoms with Crippen molar-refractivity contribution < 1.29 is 13.6 Å². The van der Waals surface area contributed by atoms with Gasteiger partial charge < -0.3 is 11.1 Å². The van der Waals surface area contributed by atoms with Crippen LogP contribution in [0.1, 0.15) is 36.0 Å². The van der Waals surface area contributed by atoms with Crippen molar-refractivity contribution in [1.29, 1.82) is 0 Å². The third-order valence-corrected chi connectivity index (χ3v) is 3.89. The van der Waals surface area contributed by atoms with Gasteiger partial charge in [0.2, 0.25) is 0 Å². The second kappa shape index (κ2) is 5.65. The maximum Gasteiger partial charge on any atom is 0.254 e. The van der Waals surface area contributed by atoms with Crippen molar-refractivity contribution in [3.05, 3.63) is 35.4 Å². The topological polar surface area (TPSA) is 55.1 Å². The monoisotopic (exact) mass is 268 g/mol. The molecule has 1 fully saturated rings. The van der Waals surface area contributed by atoms with Crippen LogP contribution >= 0.6 is 0 Å². The zero-order chi connectivity index (χ0) is 13.9. The lowest BCUT2D eigenvalue weighted by molar-refractivity contribution is 0.0927. The quantitative estimate of drug-likeness (QED) is 0.879. The van der Waals surface area contributed by atoms with Gasteiger partial charge in [0.25, 0.3) is 5.91 Å². The highest BCUT2D eigenvalue weighted by Crippen LogP contribution is 2.36. The fourth-order valence-electron chi connectivity index (χ4n) is 2.61. The van der Waals surface area contributed by atoms with Crippen molar-refractivity contribution in [1.82, 2.24) is 5.32 Å². The van der Waals surface area contributed by atoms with Crippen molar-refractivity contribution in [3.63, 3.8) is 0 Å². The Balaban J connectivity index is 2.03. The molecule has 1 aromatic rings. The molecule has 1 saturated carbocycles. The molecule has 5 heteroatoms. The summed E-state index contributed by atoms with van der Waals surface area (Å²) < 4.78 is 26.5. The molecular formula is C14H18F2N2O. The smallest absolute Gasteiger partial charge is 0.254 e. The summed E-state index contributed by atoms with van der Waals surface area (Å²) in [5, 5.41) is 2.68. The number of carbonyl (C=O) groups excluding carboxylic acids is 1. The fraction of sp³-hybridized carbons (Fsp3) is 0.500. The first-order valence-electron chi connectivity index (χ1n) is 6.50. The molecule has 3 N–H and O–H groups in total. The molecule has 2 rings (SSSR count). The third kappa shape index (κ3) is 3.10. The molecule has 1 amide bonds. The van der Waals surface area contributed by atoms with E-state index in [-0.39, 0.29) is 11.0 Å². The number of nitrogens with two attached hydrogens (primary N) is 1. The Morgan fingerprint density at radius 3 is 2.63 bits per heavy atom. The minimum atomic E-state index is -0.716. The Hall–Kier alpha value is -1.49. The first kappa shape index (κ1) is 13.9. The summed E-state index contributed by atoms with van der Waals surface area (Å²) in [4.78, 5) is 11.9. The lowest BCUT2D eigenvalue weighted by Gasteiger charge is -2.27. The van der Waals surface area contributed by atoms with E-state index >= 15 is 0 Å². The third-order valence-electron chi connectivity index (χ3n) is 3.89. The molecule has 0 radical (unpaired) electrons. The van der Waals surface area contributed by atoms with E-state index < -0.39 is 17.5 Å². The Morgan fingerprint density at radius 1 is 1.32 bits per heavy atom. The second-order valence-electron chi connectivity index (χ2n) is 5.22. The summed E-state index contributed by atoms with van der Waals surface area (Å²) in [6, 6.07) is 2.86. The lowest BCUT2D eigenvalue weighted by Crippen LogP contribution is -2.40. The summed E-state index contributed by atoms with van der Waals surface area (Å²) in [7, 11) is 0. The van der Waals surface area contributed by atoms with Gasteiger partial charge in [-0.1, -0.05) is 12.8 Å². The van der Waals surface area contributed by atoms with E-state index in [0.717, 1.165) is 43.9 Å². The largest absolute Gasteiger partial charge is 0.351 e. The van der Waals surface area contributed by atoms with Crippen molar-refractivity contribution in [2.75, 3.05) is 13.1 Å². The summed E-state index contributed by atoms with van der Waals surface area (Å²) in [5.41, 5.74) is 5.42. The molecule has 0 spiro atoms. The van der Waals surface area contributed by atoms with Gasteiger partial charge in [-0.15, -0.1) is 0 Å². The minimum Gasteiger partial charge on any atom is -0.351 e. The van der Waals surface area contributed by atoms with Crippen LogP contribution in [0, 0.1) is 17.0 Å². The molecule has 104 valence electrons. The van der Waals surface area contributed by atoms with E-state index in [9.17, 15) is 13.6 Å². The Morgan fingerprint density at radius 2 is 2.00 bits per heavy atom. The van der Waals surface area contributed by atoms with Crippen molar-refractivity contribution in [2.24, 2.45) is 11.1 Å². The molecular weight excluding hydrogens is 250 g/mol. The number of nitrogens with one attached hydrogen (secondary N) is 1. The molecule has 1 aliphatic carbocycles. The molecule has 19 heavy (non-hydrogen) atoms. The molecule has 0 saturated heterocycles. The maximum atomic E-state index is 13.4. The van der Waals surface area contributed by atoms with Crippen LogP contribution in [0.2, 0.25) is 0 Å². The van der Waals surface area contributed by atoms with Gasteiger partial charge in [0.05, 0.1) is 5.56 Å². The molecule has 0 unspecified atom stereocenters. The first-order chi connectivity index (χ1) is 9.06. The predicted octanol–water partition coefficient (Wildman–Crippen LogP) is 2.21. The molecule has 1 aromatic carbocycles. The summed E-state index contributed by atoms with van der Waals surface area (Å²) in [5.74, 6) is -1.93. The lowest BCUT2D eigenvalue weighted by atomic mass is 9.86. The highest BCUT2D eigenvalue weighted by Gasteiger charge is 2.32. The van der Waals surface area contributed by atoms with Gasteiger partial charge in [-0.2, -0.15) is 0 Å². The standard InChI is InChI=1S/C14H18F2N2O/c15-10-3-4-12(16)11(7-10)13(19)18-9-14(8-17)5-1-2-6-14/h3-4,7H,1-2,5-6,8-9,17H2,(H,18,19). The number of hydrogen-bond acceptors (Lipinski definition) is 2. The van der Waals surface area contributed by atoms with E-state index in [2.05, 4.69) is 5.32 Å². The molecule has 0 atom stereocenters. The van der Waals surface area contributed by atoms with E-state index in [1.54, 1.807) is 0 Å². The summed E-state index contributed by atoms with van der Waals surface area (Å²) >= 11 is 0. The fourth-order valence-corrected chi connectivity index (χ4v) is 2.61. The maximum absolute atomic E-state index is 13.4. The van der Waals surface area contributed by atoms with Crippen LogP contribution in [0.25, 0.3) is 0 Å². The highest BCUT2D eigenvalue weighted by molar-refractivity contribution is 5.94. The number of hydrogen-bond donors (Lipinski definition) is 2. The molecule has 0 aromatic heterocycles. The average Bonchev–Trinajstić information content (AvgIpc) is 2.88. The van der Waals surface area contributed by atoms with Crippen molar-refractivity contribution in [3.8, 4) is 0 Å². The SMILES string of the molecule is NCC1(CNC(=O)c2cc(F)ccc2F)CCCC1. The molecule has 0 bridgehead atoms. The van der Waals surface area contributed by atoms with E-state index in [0.29, 0.717) is 13.1 Å². The number of carbonyl (C=O) groups is 1. The van der Waals surface area contributed by atoms with Crippen molar-refractivity contribution >= 4 is 5.91 Å². The van der Waals surface area contributed by atoms with Crippen molar-refractivity contribution in [2.45, 2.75) is 25.7 Å². The molecule has 1 aliphatic rings. The molecule has 3 nitrogen and oxygen atoms in total. The molecule has 0 heterocycles. The number of halogens is 2. The van der Waals surface area contributed by atoms with E-state index in [1.807, 2.05) is 0 Å². The summed E-state index contributed by atoms with van der Waals surface area (Å²) in [6.07, 6.45) is 4.13. The van der Waals surface area contributed by atoms with Crippen LogP contribution in [0.4, 0.5) is 8.78 Å². The van der Waals surface area contributed by atoms with Gasteiger partial charge in [-0.3, -0.25) is 4.79 Å². The van der Waals surface area contributed by atoms with Crippen LogP contribution in [0.15, 0.2) is 18.2 Å². The number of rotatable bonds is 4. The van der Waals surface area contributed by atoms with Gasteiger partial charge in [0.1, 0.15) is 11.6 Å².